The Morgan fingerprint density at radius 1 is 1.39 bits per heavy atom. The van der Waals surface area contributed by atoms with Crippen molar-refractivity contribution >= 4 is 17.5 Å². The lowest BCUT2D eigenvalue weighted by molar-refractivity contribution is -0.122. The quantitative estimate of drug-likeness (QED) is 0.800. The number of carbonyl (C=O) groups is 1. The highest BCUT2D eigenvalue weighted by Gasteiger charge is 2.15. The van der Waals surface area contributed by atoms with Gasteiger partial charge in [0, 0.05) is 11.1 Å². The van der Waals surface area contributed by atoms with E-state index in [9.17, 15) is 4.79 Å². The fraction of sp³-hybridized carbons (Fsp3) is 0.357. The van der Waals surface area contributed by atoms with Gasteiger partial charge < -0.3 is 5.32 Å². The van der Waals surface area contributed by atoms with Crippen molar-refractivity contribution < 1.29 is 4.79 Å². The van der Waals surface area contributed by atoms with Crippen molar-refractivity contribution in [2.75, 3.05) is 6.54 Å². The Hall–Kier alpha value is -1.50. The van der Waals surface area contributed by atoms with Gasteiger partial charge in [0.15, 0.2) is 0 Å². The number of benzene rings is 1. The molecule has 0 saturated carbocycles. The van der Waals surface area contributed by atoms with E-state index in [0.717, 1.165) is 5.56 Å². The molecule has 0 bridgehead atoms. The summed E-state index contributed by atoms with van der Waals surface area (Å²) in [6.45, 7) is 4.05. The second-order valence-corrected chi connectivity index (χ2v) is 4.52. The first-order valence-electron chi connectivity index (χ1n) is 5.77. The molecule has 2 atom stereocenters. The minimum Gasteiger partial charge on any atom is -0.344 e. The van der Waals surface area contributed by atoms with E-state index in [2.05, 4.69) is 16.6 Å². The lowest BCUT2D eigenvalue weighted by Crippen LogP contribution is -2.43. The summed E-state index contributed by atoms with van der Waals surface area (Å²) in [5, 5.41) is 6.54. The van der Waals surface area contributed by atoms with E-state index in [4.69, 9.17) is 18.0 Å². The molecule has 0 aliphatic carbocycles. The highest BCUT2D eigenvalue weighted by Crippen LogP contribution is 2.16. The van der Waals surface area contributed by atoms with Crippen LogP contribution in [0.4, 0.5) is 0 Å². The first kappa shape index (κ1) is 14.6. The van der Waals surface area contributed by atoms with E-state index < -0.39 is 0 Å². The molecule has 0 fully saturated rings. The number of terminal acetylenes is 1. The van der Waals surface area contributed by atoms with Gasteiger partial charge in [-0.25, -0.2) is 0 Å². The van der Waals surface area contributed by atoms with Crippen LogP contribution in [0.2, 0.25) is 5.02 Å². The fourth-order valence-corrected chi connectivity index (χ4v) is 1.72. The van der Waals surface area contributed by atoms with Gasteiger partial charge in [0.2, 0.25) is 5.91 Å². The fourth-order valence-electron chi connectivity index (χ4n) is 1.59. The normalized spacial score (nSPS) is 13.4. The molecule has 18 heavy (non-hydrogen) atoms. The van der Waals surface area contributed by atoms with E-state index in [1.54, 1.807) is 6.92 Å². The minimum absolute atomic E-state index is 0.0638. The molecular formula is C14H17ClN2O. The summed E-state index contributed by atoms with van der Waals surface area (Å²) in [4.78, 5) is 11.6. The summed E-state index contributed by atoms with van der Waals surface area (Å²) in [6, 6.07) is 7.30. The molecule has 1 unspecified atom stereocenters. The van der Waals surface area contributed by atoms with Crippen molar-refractivity contribution in [1.82, 2.24) is 10.6 Å². The maximum Gasteiger partial charge on any atom is 0.237 e. The van der Waals surface area contributed by atoms with Gasteiger partial charge in [-0.05, 0) is 31.5 Å². The summed E-state index contributed by atoms with van der Waals surface area (Å²) in [5.74, 6) is 2.27. The monoisotopic (exact) mass is 264 g/mol. The molecule has 0 spiro atoms. The van der Waals surface area contributed by atoms with Gasteiger partial charge in [0.05, 0.1) is 12.6 Å². The lowest BCUT2D eigenvalue weighted by atomic mass is 10.1. The zero-order chi connectivity index (χ0) is 13.5. The molecule has 2 N–H and O–H groups in total. The summed E-state index contributed by atoms with van der Waals surface area (Å²) >= 11 is 5.83. The van der Waals surface area contributed by atoms with Gasteiger partial charge in [-0.3, -0.25) is 10.1 Å². The summed E-state index contributed by atoms with van der Waals surface area (Å²) < 4.78 is 0. The van der Waals surface area contributed by atoms with Crippen LogP contribution in [0.25, 0.3) is 0 Å². The number of amides is 1. The van der Waals surface area contributed by atoms with E-state index in [1.807, 2.05) is 31.2 Å². The van der Waals surface area contributed by atoms with Crippen LogP contribution in [-0.2, 0) is 4.79 Å². The number of hydrogen-bond acceptors (Lipinski definition) is 2. The Labute approximate surface area is 113 Å². The number of rotatable bonds is 5. The van der Waals surface area contributed by atoms with Crippen LogP contribution < -0.4 is 10.6 Å². The molecule has 0 heterocycles. The van der Waals surface area contributed by atoms with Crippen LogP contribution in [-0.4, -0.2) is 18.5 Å². The molecule has 3 nitrogen and oxygen atoms in total. The van der Waals surface area contributed by atoms with E-state index in [1.165, 1.54) is 0 Å². The number of halogens is 1. The Bertz CT molecular complexity index is 436. The predicted octanol–water partition coefficient (Wildman–Crippen LogP) is 2.13. The Kier molecular flexibility index (Phi) is 5.70. The topological polar surface area (TPSA) is 41.1 Å². The lowest BCUT2D eigenvalue weighted by Gasteiger charge is -2.19. The van der Waals surface area contributed by atoms with Crippen LogP contribution in [0.1, 0.15) is 25.5 Å². The van der Waals surface area contributed by atoms with Crippen LogP contribution in [0, 0.1) is 12.3 Å². The molecule has 0 aliphatic heterocycles. The first-order chi connectivity index (χ1) is 8.54. The highest BCUT2D eigenvalue weighted by molar-refractivity contribution is 6.30. The minimum atomic E-state index is -0.302. The van der Waals surface area contributed by atoms with Crippen molar-refractivity contribution in [3.63, 3.8) is 0 Å². The zero-order valence-corrected chi connectivity index (χ0v) is 11.3. The van der Waals surface area contributed by atoms with Crippen molar-refractivity contribution in [2.24, 2.45) is 0 Å². The molecular weight excluding hydrogens is 248 g/mol. The van der Waals surface area contributed by atoms with Crippen LogP contribution in [0.3, 0.4) is 0 Å². The van der Waals surface area contributed by atoms with Crippen LogP contribution in [0.15, 0.2) is 24.3 Å². The predicted molar refractivity (Wildman–Crippen MR) is 74.3 cm³/mol. The summed E-state index contributed by atoms with van der Waals surface area (Å²) in [7, 11) is 0. The molecule has 0 saturated heterocycles. The third-order valence-electron chi connectivity index (χ3n) is 2.63. The molecule has 0 aromatic heterocycles. The van der Waals surface area contributed by atoms with Crippen molar-refractivity contribution in [3.8, 4) is 12.3 Å². The molecule has 1 rings (SSSR count). The van der Waals surface area contributed by atoms with E-state index >= 15 is 0 Å². The molecule has 1 aromatic carbocycles. The van der Waals surface area contributed by atoms with Gasteiger partial charge in [-0.15, -0.1) is 6.42 Å². The molecule has 0 radical (unpaired) electrons. The Morgan fingerprint density at radius 2 is 2.00 bits per heavy atom. The van der Waals surface area contributed by atoms with Gasteiger partial charge in [0.1, 0.15) is 0 Å². The highest BCUT2D eigenvalue weighted by atomic mass is 35.5. The van der Waals surface area contributed by atoms with Crippen LogP contribution >= 0.6 is 11.6 Å². The molecule has 4 heteroatoms. The van der Waals surface area contributed by atoms with Crippen molar-refractivity contribution in [2.45, 2.75) is 25.9 Å². The Balaban J connectivity index is 2.54. The van der Waals surface area contributed by atoms with Crippen molar-refractivity contribution in [3.05, 3.63) is 34.9 Å². The largest absolute Gasteiger partial charge is 0.344 e. The van der Waals surface area contributed by atoms with Gasteiger partial charge in [0.25, 0.3) is 0 Å². The third-order valence-corrected chi connectivity index (χ3v) is 2.88. The smallest absolute Gasteiger partial charge is 0.237 e. The van der Waals surface area contributed by atoms with Gasteiger partial charge >= 0.3 is 0 Å². The maximum absolute atomic E-state index is 11.6. The first-order valence-corrected chi connectivity index (χ1v) is 6.15. The second kappa shape index (κ2) is 7.05. The maximum atomic E-state index is 11.6. The van der Waals surface area contributed by atoms with E-state index in [0.29, 0.717) is 5.02 Å². The third kappa shape index (κ3) is 4.40. The van der Waals surface area contributed by atoms with Crippen molar-refractivity contribution in [1.29, 1.82) is 0 Å². The standard InChI is InChI=1S/C14H17ClN2O/c1-4-9-16-14(18)11(3)17-10(2)12-5-7-13(15)8-6-12/h1,5-8,10-11,17H,9H2,2-3H3,(H,16,18)/t10-,11?/m1/s1. The summed E-state index contributed by atoms with van der Waals surface area (Å²) in [5.41, 5.74) is 1.08. The SMILES string of the molecule is C#CCNC(=O)C(C)N[C@H](C)c1ccc(Cl)cc1. The zero-order valence-electron chi connectivity index (χ0n) is 10.5. The van der Waals surface area contributed by atoms with E-state index in [-0.39, 0.29) is 24.5 Å². The summed E-state index contributed by atoms with van der Waals surface area (Å²) in [6.07, 6.45) is 5.09. The second-order valence-electron chi connectivity index (χ2n) is 4.08. The Morgan fingerprint density at radius 3 is 2.56 bits per heavy atom. The van der Waals surface area contributed by atoms with Crippen LogP contribution in [0.5, 0.6) is 0 Å². The average molecular weight is 265 g/mol. The van der Waals surface area contributed by atoms with Gasteiger partial charge in [-0.1, -0.05) is 29.7 Å². The van der Waals surface area contributed by atoms with Gasteiger partial charge in [-0.2, -0.15) is 0 Å². The number of carbonyl (C=O) groups excluding carboxylic acids is 1. The average Bonchev–Trinajstić information content (AvgIpc) is 2.36. The molecule has 96 valence electrons. The number of nitrogens with one attached hydrogen (secondary N) is 2. The molecule has 0 aliphatic rings. The number of hydrogen-bond donors (Lipinski definition) is 2. The molecule has 1 aromatic rings. The molecule has 1 amide bonds.